The maximum Gasteiger partial charge on any atom is 0.130 e. The van der Waals surface area contributed by atoms with E-state index in [1.165, 1.54) is 11.3 Å². The second-order valence-corrected chi connectivity index (χ2v) is 4.71. The highest BCUT2D eigenvalue weighted by Gasteiger charge is 2.11. The number of aliphatic hydroxyl groups excluding tert-OH is 1. The molecule has 0 radical (unpaired) electrons. The molecule has 0 fully saturated rings. The molecule has 4 heteroatoms. The van der Waals surface area contributed by atoms with E-state index in [2.05, 4.69) is 20.9 Å². The summed E-state index contributed by atoms with van der Waals surface area (Å²) in [5.74, 6) is 0. The summed E-state index contributed by atoms with van der Waals surface area (Å²) in [5, 5.41) is 11.8. The van der Waals surface area contributed by atoms with E-state index in [-0.39, 0.29) is 0 Å². The van der Waals surface area contributed by atoms with Crippen LogP contribution < -0.4 is 0 Å². The van der Waals surface area contributed by atoms with Crippen molar-refractivity contribution < 1.29 is 5.11 Å². The molecule has 1 N–H and O–H groups in total. The van der Waals surface area contributed by atoms with Gasteiger partial charge in [-0.3, -0.25) is 4.98 Å². The first-order chi connectivity index (χ1) is 6.77. The average molecular weight is 270 g/mol. The van der Waals surface area contributed by atoms with Gasteiger partial charge in [0, 0.05) is 15.5 Å². The minimum atomic E-state index is -0.608. The van der Waals surface area contributed by atoms with E-state index >= 15 is 0 Å². The fraction of sp³-hybridized carbons (Fsp3) is 0.100. The third kappa shape index (κ3) is 2.03. The summed E-state index contributed by atoms with van der Waals surface area (Å²) in [6.45, 7) is 0. The van der Waals surface area contributed by atoms with Crippen molar-refractivity contribution >= 4 is 27.3 Å². The van der Waals surface area contributed by atoms with Crippen LogP contribution in [0.4, 0.5) is 0 Å². The molecule has 0 aromatic carbocycles. The summed E-state index contributed by atoms with van der Waals surface area (Å²) in [6.07, 6.45) is 1.08. The minimum Gasteiger partial charge on any atom is -0.381 e. The van der Waals surface area contributed by atoms with Crippen LogP contribution in [0.2, 0.25) is 0 Å². The smallest absolute Gasteiger partial charge is 0.130 e. The molecule has 0 spiro atoms. The number of hydrogen-bond donors (Lipinski definition) is 1. The number of aliphatic hydroxyl groups is 1. The molecule has 0 bridgehead atoms. The second-order valence-electron chi connectivity index (χ2n) is 2.82. The third-order valence-corrected chi connectivity index (χ3v) is 3.24. The Morgan fingerprint density at radius 3 is 2.79 bits per heavy atom. The number of pyridine rings is 1. The lowest BCUT2D eigenvalue weighted by Gasteiger charge is -2.07. The largest absolute Gasteiger partial charge is 0.381 e. The average Bonchev–Trinajstić information content (AvgIpc) is 2.71. The number of aromatic nitrogens is 1. The van der Waals surface area contributed by atoms with Gasteiger partial charge in [-0.2, -0.15) is 0 Å². The normalized spacial score (nSPS) is 12.7. The maximum absolute atomic E-state index is 9.90. The Kier molecular flexibility index (Phi) is 2.96. The van der Waals surface area contributed by atoms with Gasteiger partial charge in [0.15, 0.2) is 0 Å². The van der Waals surface area contributed by atoms with Gasteiger partial charge in [0.1, 0.15) is 6.10 Å². The summed E-state index contributed by atoms with van der Waals surface area (Å²) in [6, 6.07) is 7.51. The highest BCUT2D eigenvalue weighted by molar-refractivity contribution is 9.10. The molecule has 0 saturated heterocycles. The topological polar surface area (TPSA) is 33.1 Å². The van der Waals surface area contributed by atoms with Crippen molar-refractivity contribution in [1.29, 1.82) is 0 Å². The number of hydrogen-bond acceptors (Lipinski definition) is 3. The van der Waals surface area contributed by atoms with E-state index in [4.69, 9.17) is 0 Å². The van der Waals surface area contributed by atoms with Crippen molar-refractivity contribution in [2.45, 2.75) is 6.10 Å². The van der Waals surface area contributed by atoms with Crippen molar-refractivity contribution in [1.82, 2.24) is 4.98 Å². The molecule has 2 heterocycles. The van der Waals surface area contributed by atoms with Gasteiger partial charge in [-0.15, -0.1) is 11.3 Å². The molecule has 72 valence electrons. The molecular formula is C10H8BrNOS. The Morgan fingerprint density at radius 2 is 2.21 bits per heavy atom. The van der Waals surface area contributed by atoms with Crippen molar-refractivity contribution in [3.63, 3.8) is 0 Å². The molecule has 0 aliphatic carbocycles. The number of thiophene rings is 1. The van der Waals surface area contributed by atoms with Gasteiger partial charge in [-0.25, -0.2) is 0 Å². The molecule has 0 saturated carbocycles. The van der Waals surface area contributed by atoms with Crippen LogP contribution in [0.1, 0.15) is 16.7 Å². The van der Waals surface area contributed by atoms with Crippen molar-refractivity contribution in [2.75, 3.05) is 0 Å². The van der Waals surface area contributed by atoms with Crippen molar-refractivity contribution in [3.05, 3.63) is 50.9 Å². The lowest BCUT2D eigenvalue weighted by molar-refractivity contribution is 0.219. The van der Waals surface area contributed by atoms with Crippen LogP contribution in [-0.4, -0.2) is 10.1 Å². The standard InChI is InChI=1S/C10H8BrNOS/c11-7-3-4-8(12-6-7)10(13)9-2-1-5-14-9/h1-6,10,13H. The zero-order valence-electron chi connectivity index (χ0n) is 7.22. The predicted molar refractivity (Wildman–Crippen MR) is 60.3 cm³/mol. The lowest BCUT2D eigenvalue weighted by atomic mass is 10.2. The van der Waals surface area contributed by atoms with Gasteiger partial charge in [0.05, 0.1) is 5.69 Å². The van der Waals surface area contributed by atoms with Crippen LogP contribution in [0.5, 0.6) is 0 Å². The number of halogens is 1. The summed E-state index contributed by atoms with van der Waals surface area (Å²) in [5.41, 5.74) is 0.677. The first-order valence-electron chi connectivity index (χ1n) is 4.10. The second kappa shape index (κ2) is 4.21. The van der Waals surface area contributed by atoms with Gasteiger partial charge < -0.3 is 5.11 Å². The first-order valence-corrected chi connectivity index (χ1v) is 5.77. The minimum absolute atomic E-state index is 0.608. The van der Waals surface area contributed by atoms with Gasteiger partial charge in [0.2, 0.25) is 0 Å². The number of nitrogens with zero attached hydrogens (tertiary/aromatic N) is 1. The zero-order valence-corrected chi connectivity index (χ0v) is 9.62. The van der Waals surface area contributed by atoms with Gasteiger partial charge in [-0.1, -0.05) is 6.07 Å². The van der Waals surface area contributed by atoms with E-state index in [0.29, 0.717) is 5.69 Å². The molecular weight excluding hydrogens is 262 g/mol. The molecule has 14 heavy (non-hydrogen) atoms. The third-order valence-electron chi connectivity index (χ3n) is 1.84. The Balaban J connectivity index is 2.28. The van der Waals surface area contributed by atoms with Crippen LogP contribution in [0.25, 0.3) is 0 Å². The maximum atomic E-state index is 9.90. The van der Waals surface area contributed by atoms with Crippen molar-refractivity contribution in [2.24, 2.45) is 0 Å². The highest BCUT2D eigenvalue weighted by Crippen LogP contribution is 2.24. The van der Waals surface area contributed by atoms with Crippen molar-refractivity contribution in [3.8, 4) is 0 Å². The van der Waals surface area contributed by atoms with E-state index < -0.39 is 6.10 Å². The quantitative estimate of drug-likeness (QED) is 0.910. The fourth-order valence-electron chi connectivity index (χ4n) is 1.14. The fourth-order valence-corrected chi connectivity index (χ4v) is 2.10. The zero-order chi connectivity index (χ0) is 9.97. The molecule has 1 unspecified atom stereocenters. The number of rotatable bonds is 2. The molecule has 1 atom stereocenters. The van der Waals surface area contributed by atoms with Crippen LogP contribution in [0, 0.1) is 0 Å². The molecule has 0 aliphatic heterocycles. The summed E-state index contributed by atoms with van der Waals surface area (Å²) in [7, 11) is 0. The Bertz CT molecular complexity index is 399. The van der Waals surface area contributed by atoms with Crippen LogP contribution in [0.3, 0.4) is 0 Å². The summed E-state index contributed by atoms with van der Waals surface area (Å²) in [4.78, 5) is 5.06. The molecule has 2 aromatic rings. The Hall–Kier alpha value is -0.710. The molecule has 2 rings (SSSR count). The van der Waals surface area contributed by atoms with Gasteiger partial charge in [0.25, 0.3) is 0 Å². The summed E-state index contributed by atoms with van der Waals surface area (Å²) >= 11 is 4.83. The van der Waals surface area contributed by atoms with Crippen LogP contribution in [-0.2, 0) is 0 Å². The highest BCUT2D eigenvalue weighted by atomic mass is 79.9. The summed E-state index contributed by atoms with van der Waals surface area (Å²) < 4.78 is 0.916. The molecule has 2 aromatic heterocycles. The predicted octanol–water partition coefficient (Wildman–Crippen LogP) is 2.99. The van der Waals surface area contributed by atoms with E-state index in [1.54, 1.807) is 6.20 Å². The van der Waals surface area contributed by atoms with Crippen LogP contribution >= 0.6 is 27.3 Å². The molecule has 0 amide bonds. The first kappa shape index (κ1) is 9.83. The van der Waals surface area contributed by atoms with Gasteiger partial charge >= 0.3 is 0 Å². The molecule has 2 nitrogen and oxygen atoms in total. The SMILES string of the molecule is OC(c1ccc(Br)cn1)c1cccs1. The van der Waals surface area contributed by atoms with E-state index in [1.807, 2.05) is 29.6 Å². The van der Waals surface area contributed by atoms with E-state index in [9.17, 15) is 5.11 Å². The molecule has 0 aliphatic rings. The Morgan fingerprint density at radius 1 is 1.36 bits per heavy atom. The Labute approximate surface area is 94.4 Å². The monoisotopic (exact) mass is 269 g/mol. The lowest BCUT2D eigenvalue weighted by Crippen LogP contribution is -1.99. The van der Waals surface area contributed by atoms with Crippen LogP contribution in [0.15, 0.2) is 40.3 Å². The van der Waals surface area contributed by atoms with Gasteiger partial charge in [-0.05, 0) is 39.5 Å². The van der Waals surface area contributed by atoms with E-state index in [0.717, 1.165) is 9.35 Å².